The van der Waals surface area contributed by atoms with Crippen LogP contribution < -0.4 is 0 Å². The lowest BCUT2D eigenvalue weighted by molar-refractivity contribution is -0.167. The molecule has 1 atom stereocenters. The molecular formula is C49H90O6. The maximum atomic E-state index is 12.7. The molecule has 0 aliphatic rings. The SMILES string of the molecule is CCC/C=C\CCCCCCCC(=O)OCC(COC(=O)CCCCCCCCCCCCCCCC)OC(=O)CCCCCCC/C=C\CCCCCC. The predicted molar refractivity (Wildman–Crippen MR) is 233 cm³/mol. The fraction of sp³-hybridized carbons (Fsp3) is 0.857. The van der Waals surface area contributed by atoms with Gasteiger partial charge < -0.3 is 14.2 Å². The zero-order valence-corrected chi connectivity index (χ0v) is 36.7. The second-order valence-electron chi connectivity index (χ2n) is 16.0. The van der Waals surface area contributed by atoms with Crippen LogP contribution in [0, 0.1) is 0 Å². The lowest BCUT2D eigenvalue weighted by Gasteiger charge is -2.18. The zero-order valence-electron chi connectivity index (χ0n) is 36.7. The molecule has 0 fully saturated rings. The molecule has 0 saturated carbocycles. The maximum Gasteiger partial charge on any atom is 0.306 e. The lowest BCUT2D eigenvalue weighted by atomic mass is 10.0. The third-order valence-electron chi connectivity index (χ3n) is 10.4. The lowest BCUT2D eigenvalue weighted by Crippen LogP contribution is -2.30. The van der Waals surface area contributed by atoms with Crippen molar-refractivity contribution in [3.05, 3.63) is 24.3 Å². The highest BCUT2D eigenvalue weighted by atomic mass is 16.6. The van der Waals surface area contributed by atoms with Gasteiger partial charge in [-0.2, -0.15) is 0 Å². The smallest absolute Gasteiger partial charge is 0.306 e. The third kappa shape index (κ3) is 42.9. The first kappa shape index (κ1) is 52.9. The van der Waals surface area contributed by atoms with Crippen LogP contribution in [0.1, 0.15) is 252 Å². The number of rotatable bonds is 43. The molecule has 0 N–H and O–H groups in total. The van der Waals surface area contributed by atoms with E-state index in [1.54, 1.807) is 0 Å². The van der Waals surface area contributed by atoms with Crippen molar-refractivity contribution in [3.8, 4) is 0 Å². The molecule has 322 valence electrons. The fourth-order valence-electron chi connectivity index (χ4n) is 6.79. The Hall–Kier alpha value is -2.11. The van der Waals surface area contributed by atoms with Crippen LogP contribution in [0.3, 0.4) is 0 Å². The largest absolute Gasteiger partial charge is 0.462 e. The van der Waals surface area contributed by atoms with E-state index in [9.17, 15) is 14.4 Å². The monoisotopic (exact) mass is 775 g/mol. The molecule has 0 amide bonds. The van der Waals surface area contributed by atoms with Gasteiger partial charge in [-0.05, 0) is 64.2 Å². The Morgan fingerprint density at radius 3 is 1.00 bits per heavy atom. The Morgan fingerprint density at radius 2 is 0.636 bits per heavy atom. The summed E-state index contributed by atoms with van der Waals surface area (Å²) in [6.07, 6.45) is 48.7. The number of allylic oxidation sites excluding steroid dienone is 4. The van der Waals surface area contributed by atoms with Crippen LogP contribution in [0.15, 0.2) is 24.3 Å². The second-order valence-corrected chi connectivity index (χ2v) is 16.0. The van der Waals surface area contributed by atoms with E-state index in [1.807, 2.05) is 0 Å². The van der Waals surface area contributed by atoms with E-state index in [2.05, 4.69) is 45.1 Å². The highest BCUT2D eigenvalue weighted by Gasteiger charge is 2.19. The molecule has 6 heteroatoms. The predicted octanol–water partition coefficient (Wildman–Crippen LogP) is 15.2. The van der Waals surface area contributed by atoms with Crippen molar-refractivity contribution < 1.29 is 28.6 Å². The summed E-state index contributed by atoms with van der Waals surface area (Å²) in [6.45, 7) is 6.56. The van der Waals surface area contributed by atoms with Crippen molar-refractivity contribution in [1.82, 2.24) is 0 Å². The second kappa shape index (κ2) is 44.6. The molecule has 0 aliphatic carbocycles. The first-order valence-electron chi connectivity index (χ1n) is 23.8. The summed E-state index contributed by atoms with van der Waals surface area (Å²) in [4.78, 5) is 37.7. The molecule has 0 aromatic heterocycles. The molecule has 0 heterocycles. The minimum Gasteiger partial charge on any atom is -0.462 e. The van der Waals surface area contributed by atoms with Gasteiger partial charge in [0.2, 0.25) is 0 Å². The Morgan fingerprint density at radius 1 is 0.345 bits per heavy atom. The van der Waals surface area contributed by atoms with Crippen LogP contribution in [0.4, 0.5) is 0 Å². The summed E-state index contributed by atoms with van der Waals surface area (Å²) in [5, 5.41) is 0. The zero-order chi connectivity index (χ0) is 40.1. The maximum absolute atomic E-state index is 12.7. The third-order valence-corrected chi connectivity index (χ3v) is 10.4. The Kier molecular flexibility index (Phi) is 42.9. The average Bonchev–Trinajstić information content (AvgIpc) is 3.18. The van der Waals surface area contributed by atoms with E-state index in [1.165, 1.54) is 135 Å². The first-order valence-corrected chi connectivity index (χ1v) is 23.8. The molecule has 1 unspecified atom stereocenters. The number of carbonyl (C=O) groups is 3. The standard InChI is InChI=1S/C49H90O6/c1-4-7-10-13-16-19-22-24-26-27-30-33-36-39-42-48(51)54-45-46(44-53-47(50)41-38-35-32-29-21-18-15-12-9-6-3)55-49(52)43-40-37-34-31-28-25-23-20-17-14-11-8-5-2/h12,15,20,23,46H,4-11,13-14,16-19,21-22,24-45H2,1-3H3/b15-12-,23-20-. The van der Waals surface area contributed by atoms with Crippen LogP contribution in [-0.2, 0) is 28.6 Å². The number of esters is 3. The highest BCUT2D eigenvalue weighted by Crippen LogP contribution is 2.15. The minimum atomic E-state index is -0.772. The minimum absolute atomic E-state index is 0.0741. The molecule has 0 rings (SSSR count). The Labute approximate surface area is 341 Å². The molecule has 0 saturated heterocycles. The Balaban J connectivity index is 4.35. The van der Waals surface area contributed by atoms with Gasteiger partial charge in [0.15, 0.2) is 6.10 Å². The average molecular weight is 775 g/mol. The molecule has 0 aliphatic heterocycles. The summed E-state index contributed by atoms with van der Waals surface area (Å²) in [6, 6.07) is 0. The fourth-order valence-corrected chi connectivity index (χ4v) is 6.79. The Bertz CT molecular complexity index is 896. The summed E-state index contributed by atoms with van der Waals surface area (Å²) in [5.74, 6) is -0.887. The normalized spacial score (nSPS) is 12.1. The van der Waals surface area contributed by atoms with Crippen molar-refractivity contribution >= 4 is 17.9 Å². The van der Waals surface area contributed by atoms with Gasteiger partial charge in [-0.25, -0.2) is 0 Å². The number of carbonyl (C=O) groups excluding carboxylic acids is 3. The van der Waals surface area contributed by atoms with E-state index in [4.69, 9.17) is 14.2 Å². The van der Waals surface area contributed by atoms with Gasteiger partial charge in [-0.15, -0.1) is 0 Å². The van der Waals surface area contributed by atoms with Gasteiger partial charge in [0, 0.05) is 19.3 Å². The number of hydrogen-bond acceptors (Lipinski definition) is 6. The summed E-state index contributed by atoms with van der Waals surface area (Å²) >= 11 is 0. The van der Waals surface area contributed by atoms with Gasteiger partial charge >= 0.3 is 17.9 Å². The number of hydrogen-bond donors (Lipinski definition) is 0. The van der Waals surface area contributed by atoms with Crippen molar-refractivity contribution in [2.75, 3.05) is 13.2 Å². The van der Waals surface area contributed by atoms with Crippen LogP contribution >= 0.6 is 0 Å². The van der Waals surface area contributed by atoms with Gasteiger partial charge in [0.25, 0.3) is 0 Å². The van der Waals surface area contributed by atoms with E-state index >= 15 is 0 Å². The first-order chi connectivity index (χ1) is 27.0. The van der Waals surface area contributed by atoms with Crippen LogP contribution in [0.2, 0.25) is 0 Å². The van der Waals surface area contributed by atoms with E-state index < -0.39 is 6.10 Å². The molecular weight excluding hydrogens is 685 g/mol. The molecule has 0 aromatic carbocycles. The summed E-state index contributed by atoms with van der Waals surface area (Å²) < 4.78 is 16.7. The van der Waals surface area contributed by atoms with Crippen molar-refractivity contribution in [2.24, 2.45) is 0 Å². The number of ether oxygens (including phenoxy) is 3. The molecule has 0 bridgehead atoms. The molecule has 6 nitrogen and oxygen atoms in total. The van der Waals surface area contributed by atoms with E-state index in [0.29, 0.717) is 19.3 Å². The highest BCUT2D eigenvalue weighted by molar-refractivity contribution is 5.71. The van der Waals surface area contributed by atoms with E-state index in [0.717, 1.165) is 77.0 Å². The topological polar surface area (TPSA) is 78.9 Å². The van der Waals surface area contributed by atoms with Crippen LogP contribution in [0.25, 0.3) is 0 Å². The van der Waals surface area contributed by atoms with Crippen molar-refractivity contribution in [2.45, 2.75) is 258 Å². The van der Waals surface area contributed by atoms with Crippen molar-refractivity contribution in [3.63, 3.8) is 0 Å². The molecule has 55 heavy (non-hydrogen) atoms. The van der Waals surface area contributed by atoms with E-state index in [-0.39, 0.29) is 31.1 Å². The summed E-state index contributed by atoms with van der Waals surface area (Å²) in [7, 11) is 0. The van der Waals surface area contributed by atoms with Crippen molar-refractivity contribution in [1.29, 1.82) is 0 Å². The molecule has 0 spiro atoms. The quantitative estimate of drug-likeness (QED) is 0.0266. The van der Waals surface area contributed by atoms with Gasteiger partial charge in [0.05, 0.1) is 0 Å². The van der Waals surface area contributed by atoms with Gasteiger partial charge in [0.1, 0.15) is 13.2 Å². The van der Waals surface area contributed by atoms with Gasteiger partial charge in [-0.3, -0.25) is 14.4 Å². The molecule has 0 radical (unpaired) electrons. The van der Waals surface area contributed by atoms with Crippen LogP contribution in [-0.4, -0.2) is 37.2 Å². The molecule has 0 aromatic rings. The summed E-state index contributed by atoms with van der Waals surface area (Å²) in [5.41, 5.74) is 0. The van der Waals surface area contributed by atoms with Gasteiger partial charge in [-0.1, -0.05) is 193 Å². The number of unbranched alkanes of at least 4 members (excludes halogenated alkanes) is 28. The van der Waals surface area contributed by atoms with Crippen LogP contribution in [0.5, 0.6) is 0 Å².